The van der Waals surface area contributed by atoms with E-state index in [0.29, 0.717) is 36.6 Å². The summed E-state index contributed by atoms with van der Waals surface area (Å²) in [5.74, 6) is -1.04. The van der Waals surface area contributed by atoms with Gasteiger partial charge in [0.25, 0.3) is 0 Å². The monoisotopic (exact) mass is 675 g/mol. The van der Waals surface area contributed by atoms with Crippen molar-refractivity contribution in [2.45, 2.75) is 41.9 Å². The van der Waals surface area contributed by atoms with Crippen molar-refractivity contribution in [2.75, 3.05) is 31.3 Å². The van der Waals surface area contributed by atoms with E-state index in [9.17, 15) is 18.0 Å². The molecule has 0 bridgehead atoms. The molecule has 1 saturated heterocycles. The highest BCUT2D eigenvalue weighted by Crippen LogP contribution is 2.30. The lowest BCUT2D eigenvalue weighted by Gasteiger charge is -2.31. The Kier molecular flexibility index (Phi) is 11.7. The molecule has 0 aromatic heterocycles. The van der Waals surface area contributed by atoms with Crippen molar-refractivity contribution in [1.82, 2.24) is 10.6 Å². The predicted octanol–water partition coefficient (Wildman–Crippen LogP) is 5.60. The second kappa shape index (κ2) is 16.1. The zero-order valence-corrected chi connectivity index (χ0v) is 27.5. The van der Waals surface area contributed by atoms with Crippen molar-refractivity contribution in [3.63, 3.8) is 0 Å². The molecule has 1 aliphatic rings. The van der Waals surface area contributed by atoms with Gasteiger partial charge in [0, 0.05) is 29.7 Å². The van der Waals surface area contributed by atoms with Crippen LogP contribution in [-0.4, -0.2) is 64.6 Å². The average Bonchev–Trinajstić information content (AvgIpc) is 3.08. The summed E-state index contributed by atoms with van der Waals surface area (Å²) < 4.78 is 37.1. The van der Waals surface area contributed by atoms with Gasteiger partial charge in [-0.05, 0) is 59.9 Å². The van der Waals surface area contributed by atoms with Crippen LogP contribution in [0.3, 0.4) is 0 Å². The first-order valence-electron chi connectivity index (χ1n) is 15.4. The molecule has 0 radical (unpaired) electrons. The number of morpholine rings is 1. The van der Waals surface area contributed by atoms with E-state index in [1.165, 1.54) is 19.2 Å². The maximum absolute atomic E-state index is 14.0. The Bertz CT molecular complexity index is 1700. The van der Waals surface area contributed by atoms with Crippen molar-refractivity contribution in [3.8, 4) is 0 Å². The zero-order chi connectivity index (χ0) is 33.2. The third kappa shape index (κ3) is 9.20. The van der Waals surface area contributed by atoms with Crippen LogP contribution in [0.1, 0.15) is 29.0 Å². The fourth-order valence-electron chi connectivity index (χ4n) is 5.80. The molecule has 1 heterocycles. The molecule has 0 aliphatic carbocycles. The van der Waals surface area contributed by atoms with Crippen molar-refractivity contribution < 1.29 is 27.5 Å². The summed E-state index contributed by atoms with van der Waals surface area (Å²) in [5, 5.41) is 9.60. The van der Waals surface area contributed by atoms with Gasteiger partial charge in [-0.3, -0.25) is 4.79 Å². The first-order valence-corrected chi connectivity index (χ1v) is 17.4. The van der Waals surface area contributed by atoms with E-state index in [-0.39, 0.29) is 16.8 Å². The highest BCUT2D eigenvalue weighted by molar-refractivity contribution is 7.91. The molecule has 5 rings (SSSR count). The topological polar surface area (TPSA) is 123 Å². The van der Waals surface area contributed by atoms with Gasteiger partial charge in [-0.15, -0.1) is 0 Å². The molecule has 4 aromatic carbocycles. The van der Waals surface area contributed by atoms with E-state index in [4.69, 9.17) is 21.1 Å². The van der Waals surface area contributed by atoms with Gasteiger partial charge in [0.05, 0.1) is 30.0 Å². The van der Waals surface area contributed by atoms with Crippen LogP contribution in [0.15, 0.2) is 114 Å². The van der Waals surface area contributed by atoms with Crippen molar-refractivity contribution in [1.29, 1.82) is 0 Å². The van der Waals surface area contributed by atoms with E-state index in [1.807, 2.05) is 84.9 Å². The van der Waals surface area contributed by atoms with Crippen LogP contribution >= 0.6 is 11.6 Å². The summed E-state index contributed by atoms with van der Waals surface area (Å²) in [7, 11) is -2.30. The van der Waals surface area contributed by atoms with E-state index in [0.717, 1.165) is 16.7 Å². The Labute approximate surface area is 280 Å². The molecule has 47 heavy (non-hydrogen) atoms. The van der Waals surface area contributed by atoms with Crippen LogP contribution in [0.2, 0.25) is 5.02 Å². The second-order valence-corrected chi connectivity index (χ2v) is 13.8. The lowest BCUT2D eigenvalue weighted by molar-refractivity contribution is -0.118. The van der Waals surface area contributed by atoms with Gasteiger partial charge in [-0.2, -0.15) is 0 Å². The number of anilines is 1. The van der Waals surface area contributed by atoms with E-state index < -0.39 is 39.9 Å². The molecule has 3 atom stereocenters. The summed E-state index contributed by atoms with van der Waals surface area (Å²) in [6.07, 6.45) is -0.299. The maximum atomic E-state index is 14.0. The molecule has 2 amide bonds. The number of amides is 2. The fraction of sp³-hybridized carbons (Fsp3) is 0.278. The normalized spacial score (nSPS) is 17.1. The number of methoxy groups -OCH3 is 1. The SMILES string of the molecule is COC(=O)N[C@H](C(=O)Nc1ccccc1CC[C@H]1CNC[C@@H](CS(=O)(=O)c2ccc(Cl)cc2)O1)C(c1ccccc1)c1ccccc1. The smallest absolute Gasteiger partial charge is 0.407 e. The summed E-state index contributed by atoms with van der Waals surface area (Å²) in [6, 6.07) is 31.7. The minimum Gasteiger partial charge on any atom is -0.453 e. The molecular formula is C36H38ClN3O6S. The number of para-hydroxylation sites is 1. The van der Waals surface area contributed by atoms with Crippen LogP contribution in [0.25, 0.3) is 0 Å². The van der Waals surface area contributed by atoms with E-state index in [1.54, 1.807) is 12.1 Å². The Morgan fingerprint density at radius 3 is 2.11 bits per heavy atom. The molecule has 1 aliphatic heterocycles. The minimum absolute atomic E-state index is 0.149. The Morgan fingerprint density at radius 2 is 1.47 bits per heavy atom. The number of hydrogen-bond donors (Lipinski definition) is 3. The molecule has 0 unspecified atom stereocenters. The summed E-state index contributed by atoms with van der Waals surface area (Å²) >= 11 is 5.93. The number of carbonyl (C=O) groups excluding carboxylic acids is 2. The fourth-order valence-corrected chi connectivity index (χ4v) is 7.35. The molecule has 246 valence electrons. The number of halogens is 1. The lowest BCUT2D eigenvalue weighted by atomic mass is 9.84. The van der Waals surface area contributed by atoms with Crippen LogP contribution in [0.5, 0.6) is 0 Å². The summed E-state index contributed by atoms with van der Waals surface area (Å²) in [4.78, 5) is 26.8. The van der Waals surface area contributed by atoms with Crippen LogP contribution in [0.4, 0.5) is 10.5 Å². The number of benzene rings is 4. The van der Waals surface area contributed by atoms with Crippen molar-refractivity contribution in [2.24, 2.45) is 0 Å². The Morgan fingerprint density at radius 1 is 0.872 bits per heavy atom. The highest BCUT2D eigenvalue weighted by Gasteiger charge is 2.33. The predicted molar refractivity (Wildman–Crippen MR) is 182 cm³/mol. The number of sulfone groups is 1. The quantitative estimate of drug-likeness (QED) is 0.179. The van der Waals surface area contributed by atoms with Gasteiger partial charge in [0.1, 0.15) is 6.04 Å². The number of ether oxygens (including phenoxy) is 2. The first kappa shape index (κ1) is 34.1. The summed E-state index contributed by atoms with van der Waals surface area (Å²) in [6.45, 7) is 1.00. The highest BCUT2D eigenvalue weighted by atomic mass is 35.5. The molecule has 9 nitrogen and oxygen atoms in total. The minimum atomic E-state index is -3.56. The average molecular weight is 676 g/mol. The van der Waals surface area contributed by atoms with Gasteiger partial charge < -0.3 is 25.4 Å². The molecule has 4 aromatic rings. The number of hydrogen-bond acceptors (Lipinski definition) is 7. The molecule has 11 heteroatoms. The number of aryl methyl sites for hydroxylation is 1. The molecular weight excluding hydrogens is 638 g/mol. The summed E-state index contributed by atoms with van der Waals surface area (Å²) in [5.41, 5.74) is 3.21. The zero-order valence-electron chi connectivity index (χ0n) is 26.0. The van der Waals surface area contributed by atoms with E-state index >= 15 is 0 Å². The number of carbonyl (C=O) groups is 2. The maximum Gasteiger partial charge on any atom is 0.407 e. The number of alkyl carbamates (subject to hydrolysis) is 1. The van der Waals surface area contributed by atoms with Gasteiger partial charge in [0.15, 0.2) is 9.84 Å². The van der Waals surface area contributed by atoms with Crippen LogP contribution in [-0.2, 0) is 30.5 Å². The van der Waals surface area contributed by atoms with Gasteiger partial charge in [0.2, 0.25) is 5.91 Å². The Hall–Kier alpha value is -4.22. The molecule has 1 fully saturated rings. The third-order valence-electron chi connectivity index (χ3n) is 8.11. The van der Waals surface area contributed by atoms with E-state index in [2.05, 4.69) is 16.0 Å². The van der Waals surface area contributed by atoms with Crippen LogP contribution in [0, 0.1) is 0 Å². The Balaban J connectivity index is 1.29. The molecule has 0 spiro atoms. The lowest BCUT2D eigenvalue weighted by Crippen LogP contribution is -2.48. The number of rotatable bonds is 12. The standard InChI is InChI=1S/C36H38ClN3O6S/c1-45-36(42)40-34(33(26-11-4-2-5-12-26)27-13-6-3-7-14-27)35(41)39-32-15-9-8-10-25(32)16-19-29-22-38-23-30(46-29)24-47(43,44)31-20-17-28(37)18-21-31/h2-15,17-18,20-21,29-30,33-34,38H,16,19,22-24H2,1H3,(H,39,41)(H,40,42)/t29-,30-,34-/m0/s1. The van der Waals surface area contributed by atoms with Crippen molar-refractivity contribution in [3.05, 3.63) is 131 Å². The first-order chi connectivity index (χ1) is 22.7. The van der Waals surface area contributed by atoms with Gasteiger partial charge in [-0.1, -0.05) is 90.5 Å². The van der Waals surface area contributed by atoms with Gasteiger partial charge >= 0.3 is 6.09 Å². The van der Waals surface area contributed by atoms with Crippen molar-refractivity contribution >= 4 is 39.1 Å². The largest absolute Gasteiger partial charge is 0.453 e. The second-order valence-electron chi connectivity index (χ2n) is 11.4. The molecule has 3 N–H and O–H groups in total. The third-order valence-corrected chi connectivity index (χ3v) is 10.2. The van der Waals surface area contributed by atoms with Crippen LogP contribution < -0.4 is 16.0 Å². The molecule has 0 saturated carbocycles. The number of nitrogens with one attached hydrogen (secondary N) is 3. The van der Waals surface area contributed by atoms with Gasteiger partial charge in [-0.25, -0.2) is 13.2 Å².